The van der Waals surface area contributed by atoms with Gasteiger partial charge in [-0.05, 0) is 69.8 Å². The summed E-state index contributed by atoms with van der Waals surface area (Å²) in [4.78, 5) is 12.4. The summed E-state index contributed by atoms with van der Waals surface area (Å²) in [5.74, 6) is 1.35. The minimum Gasteiger partial charge on any atom is -0.491 e. The highest BCUT2D eigenvalue weighted by Gasteiger charge is 2.31. The molecule has 2 rings (SSSR count). The average Bonchev–Trinajstić information content (AvgIpc) is 2.90. The Morgan fingerprint density at radius 3 is 2.81 bits per heavy atom. The number of hydrogen-bond donors (Lipinski definition) is 2. The third-order valence-electron chi connectivity index (χ3n) is 4.10. The topological polar surface area (TPSA) is 64.4 Å². The molecule has 21 heavy (non-hydrogen) atoms. The Hall–Kier alpha value is -1.55. The Labute approximate surface area is 127 Å². The lowest BCUT2D eigenvalue weighted by molar-refractivity contribution is -0.120. The first-order valence-electron chi connectivity index (χ1n) is 7.79. The van der Waals surface area contributed by atoms with Crippen molar-refractivity contribution in [3.8, 4) is 5.75 Å². The van der Waals surface area contributed by atoms with E-state index in [1.54, 1.807) is 0 Å². The second-order valence-corrected chi connectivity index (χ2v) is 6.17. The molecule has 1 aliphatic carbocycles. The quantitative estimate of drug-likeness (QED) is 0.876. The molecule has 1 amide bonds. The third kappa shape index (κ3) is 3.97. The van der Waals surface area contributed by atoms with Crippen molar-refractivity contribution in [1.29, 1.82) is 0 Å². The Morgan fingerprint density at radius 1 is 1.43 bits per heavy atom. The Bertz CT molecular complexity index is 500. The Kier molecular flexibility index (Phi) is 5.23. The number of nitrogens with one attached hydrogen (secondary N) is 1. The molecule has 116 valence electrons. The van der Waals surface area contributed by atoms with E-state index in [1.807, 2.05) is 39.0 Å². The number of nitrogens with two attached hydrogens (primary N) is 1. The van der Waals surface area contributed by atoms with Gasteiger partial charge in [0.2, 0.25) is 5.91 Å². The van der Waals surface area contributed by atoms with Gasteiger partial charge in [-0.2, -0.15) is 0 Å². The predicted octanol–water partition coefficient (Wildman–Crippen LogP) is 3.10. The molecule has 1 aromatic carbocycles. The molecule has 3 N–H and O–H groups in total. The van der Waals surface area contributed by atoms with Crippen molar-refractivity contribution in [3.63, 3.8) is 0 Å². The van der Waals surface area contributed by atoms with E-state index in [4.69, 9.17) is 10.5 Å². The standard InChI is InChI=1S/C17H26N2O2/c1-11(2)21-16-8-7-14(9-12(16)3)19-17(20)15-6-4-5-13(15)10-18/h7-9,11,13,15H,4-6,10,18H2,1-3H3,(H,19,20)/t13-,15-/m1/s1. The molecule has 0 radical (unpaired) electrons. The zero-order valence-corrected chi connectivity index (χ0v) is 13.2. The predicted molar refractivity (Wildman–Crippen MR) is 85.5 cm³/mol. The normalized spacial score (nSPS) is 21.6. The van der Waals surface area contributed by atoms with Crippen LogP contribution in [-0.4, -0.2) is 18.6 Å². The fourth-order valence-corrected chi connectivity index (χ4v) is 3.01. The molecule has 1 aromatic rings. The summed E-state index contributed by atoms with van der Waals surface area (Å²) < 4.78 is 5.71. The second-order valence-electron chi connectivity index (χ2n) is 6.17. The van der Waals surface area contributed by atoms with E-state index in [0.717, 1.165) is 36.3 Å². The number of rotatable bonds is 5. The SMILES string of the molecule is Cc1cc(NC(=O)[C@@H]2CCC[C@@H]2CN)ccc1OC(C)C. The number of hydrogen-bond acceptors (Lipinski definition) is 3. The van der Waals surface area contributed by atoms with Crippen molar-refractivity contribution in [2.24, 2.45) is 17.6 Å². The summed E-state index contributed by atoms with van der Waals surface area (Å²) in [5.41, 5.74) is 7.61. The number of anilines is 1. The Morgan fingerprint density at radius 2 is 2.19 bits per heavy atom. The summed E-state index contributed by atoms with van der Waals surface area (Å²) >= 11 is 0. The first-order valence-corrected chi connectivity index (χ1v) is 7.79. The van der Waals surface area contributed by atoms with Crippen molar-refractivity contribution < 1.29 is 9.53 Å². The van der Waals surface area contributed by atoms with Crippen LogP contribution in [0, 0.1) is 18.8 Å². The van der Waals surface area contributed by atoms with E-state index in [0.29, 0.717) is 12.5 Å². The molecule has 0 unspecified atom stereocenters. The third-order valence-corrected chi connectivity index (χ3v) is 4.10. The molecule has 0 spiro atoms. The summed E-state index contributed by atoms with van der Waals surface area (Å²) in [6.07, 6.45) is 3.25. The van der Waals surface area contributed by atoms with Gasteiger partial charge in [0, 0.05) is 11.6 Å². The first kappa shape index (κ1) is 15.8. The van der Waals surface area contributed by atoms with E-state index >= 15 is 0 Å². The molecule has 1 fully saturated rings. The van der Waals surface area contributed by atoms with Crippen LogP contribution in [0.3, 0.4) is 0 Å². The van der Waals surface area contributed by atoms with Crippen molar-refractivity contribution >= 4 is 11.6 Å². The van der Waals surface area contributed by atoms with E-state index < -0.39 is 0 Å². The average molecular weight is 290 g/mol. The minimum atomic E-state index is 0.0573. The molecule has 4 heteroatoms. The lowest BCUT2D eigenvalue weighted by Crippen LogP contribution is -2.29. The number of amides is 1. The fourth-order valence-electron chi connectivity index (χ4n) is 3.01. The van der Waals surface area contributed by atoms with Gasteiger partial charge in [-0.3, -0.25) is 4.79 Å². The van der Waals surface area contributed by atoms with Gasteiger partial charge in [0.1, 0.15) is 5.75 Å². The summed E-state index contributed by atoms with van der Waals surface area (Å²) in [6, 6.07) is 5.77. The van der Waals surface area contributed by atoms with Crippen LogP contribution in [0.25, 0.3) is 0 Å². The van der Waals surface area contributed by atoms with E-state index in [1.165, 1.54) is 0 Å². The van der Waals surface area contributed by atoms with Crippen LogP contribution in [-0.2, 0) is 4.79 Å². The maximum atomic E-state index is 12.4. The van der Waals surface area contributed by atoms with Crippen LogP contribution in [0.2, 0.25) is 0 Å². The highest BCUT2D eigenvalue weighted by atomic mass is 16.5. The van der Waals surface area contributed by atoms with E-state index in [-0.39, 0.29) is 17.9 Å². The van der Waals surface area contributed by atoms with Gasteiger partial charge >= 0.3 is 0 Å². The van der Waals surface area contributed by atoms with Gasteiger partial charge in [-0.1, -0.05) is 6.42 Å². The second kappa shape index (κ2) is 6.94. The first-order chi connectivity index (χ1) is 10.0. The molecule has 4 nitrogen and oxygen atoms in total. The van der Waals surface area contributed by atoms with E-state index in [9.17, 15) is 4.79 Å². The van der Waals surface area contributed by atoms with E-state index in [2.05, 4.69) is 5.32 Å². The molecule has 2 atom stereocenters. The van der Waals surface area contributed by atoms with Crippen molar-refractivity contribution in [2.75, 3.05) is 11.9 Å². The summed E-state index contributed by atoms with van der Waals surface area (Å²) in [5, 5.41) is 3.02. The maximum Gasteiger partial charge on any atom is 0.227 e. The van der Waals surface area contributed by atoms with Gasteiger partial charge < -0.3 is 15.8 Å². The van der Waals surface area contributed by atoms with Crippen LogP contribution < -0.4 is 15.8 Å². The lowest BCUT2D eigenvalue weighted by Gasteiger charge is -2.18. The molecular weight excluding hydrogens is 264 g/mol. The number of carbonyl (C=O) groups excluding carboxylic acids is 1. The maximum absolute atomic E-state index is 12.4. The lowest BCUT2D eigenvalue weighted by atomic mass is 9.95. The number of carbonyl (C=O) groups is 1. The molecule has 0 heterocycles. The summed E-state index contributed by atoms with van der Waals surface area (Å²) in [7, 11) is 0. The monoisotopic (exact) mass is 290 g/mol. The van der Waals surface area contributed by atoms with Gasteiger partial charge in [0.15, 0.2) is 0 Å². The highest BCUT2D eigenvalue weighted by Crippen LogP contribution is 2.32. The van der Waals surface area contributed by atoms with Crippen LogP contribution in [0.5, 0.6) is 5.75 Å². The number of aryl methyl sites for hydroxylation is 1. The zero-order valence-electron chi connectivity index (χ0n) is 13.2. The molecular formula is C17H26N2O2. The van der Waals surface area contributed by atoms with Crippen molar-refractivity contribution in [1.82, 2.24) is 0 Å². The minimum absolute atomic E-state index is 0.0573. The van der Waals surface area contributed by atoms with Crippen LogP contribution in [0.1, 0.15) is 38.7 Å². The van der Waals surface area contributed by atoms with Gasteiger partial charge in [-0.15, -0.1) is 0 Å². The van der Waals surface area contributed by atoms with Crippen molar-refractivity contribution in [3.05, 3.63) is 23.8 Å². The van der Waals surface area contributed by atoms with Crippen molar-refractivity contribution in [2.45, 2.75) is 46.1 Å². The largest absolute Gasteiger partial charge is 0.491 e. The molecule has 1 saturated carbocycles. The molecule has 0 aliphatic heterocycles. The van der Waals surface area contributed by atoms with Gasteiger partial charge in [-0.25, -0.2) is 0 Å². The number of ether oxygens (including phenoxy) is 1. The fraction of sp³-hybridized carbons (Fsp3) is 0.588. The number of benzene rings is 1. The zero-order chi connectivity index (χ0) is 15.4. The van der Waals surface area contributed by atoms with Gasteiger partial charge in [0.05, 0.1) is 6.10 Å². The van der Waals surface area contributed by atoms with Crippen LogP contribution in [0.15, 0.2) is 18.2 Å². The Balaban J connectivity index is 2.02. The molecule has 0 bridgehead atoms. The van der Waals surface area contributed by atoms with Crippen LogP contribution >= 0.6 is 0 Å². The molecule has 0 aromatic heterocycles. The summed E-state index contributed by atoms with van der Waals surface area (Å²) in [6.45, 7) is 6.59. The van der Waals surface area contributed by atoms with Gasteiger partial charge in [0.25, 0.3) is 0 Å². The smallest absolute Gasteiger partial charge is 0.227 e. The molecule has 0 saturated heterocycles. The molecule has 1 aliphatic rings. The van der Waals surface area contributed by atoms with Crippen LogP contribution in [0.4, 0.5) is 5.69 Å². The highest BCUT2D eigenvalue weighted by molar-refractivity contribution is 5.93.